The van der Waals surface area contributed by atoms with Gasteiger partial charge in [0.05, 0.1) is 12.8 Å². The standard InChI is InChI=1S/C17H30N2O/c1-3-4-5-6-7-8-9-12-20-17-11-10-16(19-14-17)13-15(2)18/h10-11,14-15H,3-9,12-13,18H2,1-2H3. The summed E-state index contributed by atoms with van der Waals surface area (Å²) in [7, 11) is 0. The van der Waals surface area contributed by atoms with E-state index in [1.54, 1.807) is 6.20 Å². The van der Waals surface area contributed by atoms with E-state index in [9.17, 15) is 0 Å². The van der Waals surface area contributed by atoms with Crippen molar-refractivity contribution in [3.8, 4) is 5.75 Å². The zero-order chi connectivity index (χ0) is 14.6. The molecule has 0 radical (unpaired) electrons. The summed E-state index contributed by atoms with van der Waals surface area (Å²) in [6.07, 6.45) is 11.8. The topological polar surface area (TPSA) is 48.1 Å². The van der Waals surface area contributed by atoms with Crippen LogP contribution in [0.1, 0.15) is 64.5 Å². The molecule has 0 aliphatic carbocycles. The van der Waals surface area contributed by atoms with Gasteiger partial charge in [0, 0.05) is 18.2 Å². The lowest BCUT2D eigenvalue weighted by molar-refractivity contribution is 0.303. The Kier molecular flexibility index (Phi) is 9.05. The highest BCUT2D eigenvalue weighted by Crippen LogP contribution is 2.12. The van der Waals surface area contributed by atoms with Crippen LogP contribution in [0.15, 0.2) is 18.3 Å². The fourth-order valence-corrected chi connectivity index (χ4v) is 2.20. The molecule has 0 saturated carbocycles. The van der Waals surface area contributed by atoms with E-state index in [1.165, 1.54) is 38.5 Å². The number of hydrogen-bond acceptors (Lipinski definition) is 3. The Labute approximate surface area is 123 Å². The third-order valence-electron chi connectivity index (χ3n) is 3.35. The van der Waals surface area contributed by atoms with Gasteiger partial charge in [-0.05, 0) is 25.5 Å². The van der Waals surface area contributed by atoms with E-state index in [2.05, 4.69) is 11.9 Å². The molecule has 1 unspecified atom stereocenters. The summed E-state index contributed by atoms with van der Waals surface area (Å²) in [5, 5.41) is 0. The van der Waals surface area contributed by atoms with Gasteiger partial charge in [-0.25, -0.2) is 0 Å². The van der Waals surface area contributed by atoms with Gasteiger partial charge in [0.25, 0.3) is 0 Å². The molecule has 114 valence electrons. The van der Waals surface area contributed by atoms with Gasteiger partial charge in [-0.2, -0.15) is 0 Å². The molecular formula is C17H30N2O. The van der Waals surface area contributed by atoms with Crippen molar-refractivity contribution >= 4 is 0 Å². The summed E-state index contributed by atoms with van der Waals surface area (Å²) >= 11 is 0. The average molecular weight is 278 g/mol. The molecule has 0 aliphatic heterocycles. The first-order valence-electron chi connectivity index (χ1n) is 8.05. The Morgan fingerprint density at radius 1 is 1.10 bits per heavy atom. The number of aromatic nitrogens is 1. The number of nitrogens with two attached hydrogens (primary N) is 1. The number of nitrogens with zero attached hydrogens (tertiary/aromatic N) is 1. The summed E-state index contributed by atoms with van der Waals surface area (Å²) in [5.74, 6) is 0.865. The average Bonchev–Trinajstić information content (AvgIpc) is 2.43. The second kappa shape index (κ2) is 10.7. The fourth-order valence-electron chi connectivity index (χ4n) is 2.20. The Morgan fingerprint density at radius 3 is 2.40 bits per heavy atom. The van der Waals surface area contributed by atoms with Crippen LogP contribution in [-0.4, -0.2) is 17.6 Å². The zero-order valence-electron chi connectivity index (χ0n) is 13.1. The molecule has 1 heterocycles. The molecule has 0 fully saturated rings. The van der Waals surface area contributed by atoms with Gasteiger partial charge in [0.1, 0.15) is 5.75 Å². The Hall–Kier alpha value is -1.09. The van der Waals surface area contributed by atoms with Crippen LogP contribution >= 0.6 is 0 Å². The highest BCUT2D eigenvalue weighted by Gasteiger charge is 2.00. The second-order valence-electron chi connectivity index (χ2n) is 5.64. The predicted molar refractivity (Wildman–Crippen MR) is 85.1 cm³/mol. The molecule has 1 rings (SSSR count). The number of pyridine rings is 1. The maximum Gasteiger partial charge on any atom is 0.137 e. The van der Waals surface area contributed by atoms with Crippen molar-refractivity contribution in [1.82, 2.24) is 4.98 Å². The normalized spacial score (nSPS) is 12.3. The number of ether oxygens (including phenoxy) is 1. The van der Waals surface area contributed by atoms with Crippen molar-refractivity contribution in [1.29, 1.82) is 0 Å². The van der Waals surface area contributed by atoms with E-state index in [0.29, 0.717) is 0 Å². The van der Waals surface area contributed by atoms with E-state index in [0.717, 1.165) is 30.9 Å². The van der Waals surface area contributed by atoms with E-state index >= 15 is 0 Å². The van der Waals surface area contributed by atoms with Gasteiger partial charge in [-0.1, -0.05) is 45.4 Å². The SMILES string of the molecule is CCCCCCCCCOc1ccc(CC(C)N)nc1. The smallest absolute Gasteiger partial charge is 0.137 e. The maximum atomic E-state index is 5.75. The van der Waals surface area contributed by atoms with Crippen molar-refractivity contribution in [3.63, 3.8) is 0 Å². The Morgan fingerprint density at radius 2 is 1.80 bits per heavy atom. The molecule has 2 N–H and O–H groups in total. The monoisotopic (exact) mass is 278 g/mol. The van der Waals surface area contributed by atoms with E-state index < -0.39 is 0 Å². The van der Waals surface area contributed by atoms with Gasteiger partial charge in [0.15, 0.2) is 0 Å². The predicted octanol–water partition coefficient (Wildman–Crippen LogP) is 4.10. The van der Waals surface area contributed by atoms with E-state index in [4.69, 9.17) is 10.5 Å². The van der Waals surface area contributed by atoms with Crippen LogP contribution in [0.4, 0.5) is 0 Å². The minimum Gasteiger partial charge on any atom is -0.492 e. The number of rotatable bonds is 11. The van der Waals surface area contributed by atoms with Crippen LogP contribution in [0.25, 0.3) is 0 Å². The molecule has 20 heavy (non-hydrogen) atoms. The lowest BCUT2D eigenvalue weighted by Crippen LogP contribution is -2.18. The number of hydrogen-bond donors (Lipinski definition) is 1. The van der Waals surface area contributed by atoms with Crippen molar-refractivity contribution < 1.29 is 4.74 Å². The van der Waals surface area contributed by atoms with Crippen LogP contribution in [-0.2, 0) is 6.42 Å². The lowest BCUT2D eigenvalue weighted by Gasteiger charge is -2.08. The lowest BCUT2D eigenvalue weighted by atomic mass is 10.1. The molecule has 0 aliphatic rings. The molecular weight excluding hydrogens is 248 g/mol. The molecule has 0 aromatic carbocycles. The maximum absolute atomic E-state index is 5.75. The molecule has 1 aromatic rings. The van der Waals surface area contributed by atoms with Crippen LogP contribution in [0.3, 0.4) is 0 Å². The van der Waals surface area contributed by atoms with Gasteiger partial charge in [-0.15, -0.1) is 0 Å². The summed E-state index contributed by atoms with van der Waals surface area (Å²) in [6, 6.07) is 4.15. The van der Waals surface area contributed by atoms with Crippen LogP contribution in [0.2, 0.25) is 0 Å². The summed E-state index contributed by atoms with van der Waals surface area (Å²) in [5.41, 5.74) is 6.78. The highest BCUT2D eigenvalue weighted by atomic mass is 16.5. The largest absolute Gasteiger partial charge is 0.492 e. The van der Waals surface area contributed by atoms with Crippen molar-refractivity contribution in [2.45, 2.75) is 71.3 Å². The van der Waals surface area contributed by atoms with Crippen molar-refractivity contribution in [2.75, 3.05) is 6.61 Å². The third-order valence-corrected chi connectivity index (χ3v) is 3.35. The summed E-state index contributed by atoms with van der Waals surface area (Å²) < 4.78 is 5.70. The molecule has 0 spiro atoms. The molecule has 3 heteroatoms. The minimum atomic E-state index is 0.155. The molecule has 0 bridgehead atoms. The van der Waals surface area contributed by atoms with Crippen LogP contribution in [0, 0.1) is 0 Å². The van der Waals surface area contributed by atoms with Crippen LogP contribution < -0.4 is 10.5 Å². The summed E-state index contributed by atoms with van der Waals surface area (Å²) in [4.78, 5) is 4.36. The summed E-state index contributed by atoms with van der Waals surface area (Å²) in [6.45, 7) is 5.04. The Bertz CT molecular complexity index is 335. The third kappa shape index (κ3) is 8.16. The molecule has 0 saturated heterocycles. The van der Waals surface area contributed by atoms with Gasteiger partial charge in [-0.3, -0.25) is 4.98 Å². The van der Waals surface area contributed by atoms with E-state index in [-0.39, 0.29) is 6.04 Å². The van der Waals surface area contributed by atoms with Crippen molar-refractivity contribution in [3.05, 3.63) is 24.0 Å². The van der Waals surface area contributed by atoms with Gasteiger partial charge >= 0.3 is 0 Å². The zero-order valence-corrected chi connectivity index (χ0v) is 13.1. The van der Waals surface area contributed by atoms with Gasteiger partial charge in [0.2, 0.25) is 0 Å². The van der Waals surface area contributed by atoms with E-state index in [1.807, 2.05) is 19.1 Å². The highest BCUT2D eigenvalue weighted by molar-refractivity contribution is 5.20. The minimum absolute atomic E-state index is 0.155. The first kappa shape index (κ1) is 17.0. The molecule has 1 atom stereocenters. The molecule has 3 nitrogen and oxygen atoms in total. The Balaban J connectivity index is 2.07. The molecule has 0 amide bonds. The van der Waals surface area contributed by atoms with Crippen LogP contribution in [0.5, 0.6) is 5.75 Å². The second-order valence-corrected chi connectivity index (χ2v) is 5.64. The quantitative estimate of drug-likeness (QED) is 0.620. The molecule has 1 aromatic heterocycles. The first-order valence-corrected chi connectivity index (χ1v) is 8.05. The van der Waals surface area contributed by atoms with Gasteiger partial charge < -0.3 is 10.5 Å². The first-order chi connectivity index (χ1) is 9.72. The number of unbranched alkanes of at least 4 members (excludes halogenated alkanes) is 6. The fraction of sp³-hybridized carbons (Fsp3) is 0.706. The van der Waals surface area contributed by atoms with Crippen molar-refractivity contribution in [2.24, 2.45) is 5.73 Å².